The van der Waals surface area contributed by atoms with Crippen LogP contribution >= 0.6 is 0 Å². The summed E-state index contributed by atoms with van der Waals surface area (Å²) in [5, 5.41) is 17.5. The van der Waals surface area contributed by atoms with Crippen LogP contribution in [0.2, 0.25) is 0 Å². The molecule has 29 heavy (non-hydrogen) atoms. The molecule has 0 saturated carbocycles. The third kappa shape index (κ3) is 2.87. The molecule has 1 unspecified atom stereocenters. The van der Waals surface area contributed by atoms with Crippen molar-refractivity contribution >= 4 is 5.65 Å². The molecule has 1 aliphatic carbocycles. The Labute approximate surface area is 163 Å². The van der Waals surface area contributed by atoms with E-state index in [1.165, 1.54) is 4.68 Å². The summed E-state index contributed by atoms with van der Waals surface area (Å²) in [6, 6.07) is 3.00. The number of hydrogen-bond acceptors (Lipinski definition) is 5. The van der Waals surface area contributed by atoms with Crippen molar-refractivity contribution in [1.29, 1.82) is 5.26 Å². The number of fused-ring (bicyclic) bond motifs is 1. The molecule has 0 N–H and O–H groups in total. The minimum absolute atomic E-state index is 0.0847. The largest absolute Gasteiger partial charge is 0.290 e. The number of aromatic nitrogens is 7. The molecule has 0 fully saturated rings. The van der Waals surface area contributed by atoms with E-state index in [0.29, 0.717) is 22.7 Å². The van der Waals surface area contributed by atoms with Gasteiger partial charge in [0, 0.05) is 49.0 Å². The van der Waals surface area contributed by atoms with Gasteiger partial charge in [-0.3, -0.25) is 13.8 Å². The summed E-state index contributed by atoms with van der Waals surface area (Å²) in [6.45, 7) is 0. The van der Waals surface area contributed by atoms with Crippen molar-refractivity contribution in [1.82, 2.24) is 33.9 Å². The average Bonchev–Trinajstić information content (AvgIpc) is 3.21. The van der Waals surface area contributed by atoms with E-state index in [1.807, 2.05) is 25.4 Å². The second-order valence-electron chi connectivity index (χ2n) is 6.83. The van der Waals surface area contributed by atoms with E-state index in [1.54, 1.807) is 40.1 Å². The van der Waals surface area contributed by atoms with Gasteiger partial charge < -0.3 is 0 Å². The molecule has 1 aliphatic rings. The van der Waals surface area contributed by atoms with Crippen molar-refractivity contribution < 1.29 is 8.78 Å². The molecule has 0 aliphatic heterocycles. The summed E-state index contributed by atoms with van der Waals surface area (Å²) in [5.41, 5.74) is 2.75. The summed E-state index contributed by atoms with van der Waals surface area (Å²) in [7, 11) is 1.82. The van der Waals surface area contributed by atoms with Gasteiger partial charge >= 0.3 is 0 Å². The molecule has 4 aromatic rings. The molecule has 0 bridgehead atoms. The fourth-order valence-corrected chi connectivity index (χ4v) is 3.36. The van der Waals surface area contributed by atoms with Gasteiger partial charge in [-0.2, -0.15) is 24.2 Å². The lowest BCUT2D eigenvalue weighted by Gasteiger charge is -2.12. The highest BCUT2D eigenvalue weighted by Crippen LogP contribution is 2.47. The fraction of sp³-hybridized carbons (Fsp3) is 0.211. The normalized spacial score (nSPS) is 15.9. The lowest BCUT2D eigenvalue weighted by atomic mass is 10.1. The summed E-state index contributed by atoms with van der Waals surface area (Å²) in [4.78, 5) is 9.07. The predicted octanol–water partition coefficient (Wildman–Crippen LogP) is 3.02. The summed E-state index contributed by atoms with van der Waals surface area (Å²) < 4.78 is 31.9. The van der Waals surface area contributed by atoms with Crippen LogP contribution in [0.3, 0.4) is 0 Å². The first kappa shape index (κ1) is 17.2. The van der Waals surface area contributed by atoms with Crippen LogP contribution < -0.4 is 0 Å². The minimum atomic E-state index is -2.94. The lowest BCUT2D eigenvalue weighted by Crippen LogP contribution is -2.12. The van der Waals surface area contributed by atoms with Gasteiger partial charge in [0.1, 0.15) is 11.5 Å². The molecular weight excluding hydrogens is 378 g/mol. The van der Waals surface area contributed by atoms with E-state index in [2.05, 4.69) is 15.2 Å². The molecule has 4 heterocycles. The van der Waals surface area contributed by atoms with Crippen molar-refractivity contribution in [2.75, 3.05) is 0 Å². The van der Waals surface area contributed by atoms with E-state index in [4.69, 9.17) is 10.2 Å². The Hall–Kier alpha value is -3.87. The third-order valence-corrected chi connectivity index (χ3v) is 4.85. The zero-order valence-electron chi connectivity index (χ0n) is 15.2. The van der Waals surface area contributed by atoms with Crippen molar-refractivity contribution in [3.8, 4) is 28.7 Å². The maximum atomic E-state index is 13.5. The van der Waals surface area contributed by atoms with Crippen LogP contribution in [0.1, 0.15) is 12.5 Å². The molecular formula is C19H14F2N8. The molecule has 0 aromatic carbocycles. The first-order chi connectivity index (χ1) is 14.0. The lowest BCUT2D eigenvalue weighted by molar-refractivity contribution is 0.133. The zero-order valence-corrected chi connectivity index (χ0v) is 15.2. The highest BCUT2D eigenvalue weighted by molar-refractivity contribution is 5.68. The highest BCUT2D eigenvalue weighted by Gasteiger charge is 2.50. The van der Waals surface area contributed by atoms with Gasteiger partial charge in [0.2, 0.25) is 0 Å². The van der Waals surface area contributed by atoms with Crippen molar-refractivity contribution in [3.63, 3.8) is 0 Å². The van der Waals surface area contributed by atoms with Crippen LogP contribution in [-0.4, -0.2) is 39.9 Å². The van der Waals surface area contributed by atoms with Crippen molar-refractivity contribution in [2.24, 2.45) is 7.05 Å². The number of nitriles is 1. The Bertz CT molecular complexity index is 1300. The van der Waals surface area contributed by atoms with Gasteiger partial charge in [0.15, 0.2) is 0 Å². The van der Waals surface area contributed by atoms with E-state index >= 15 is 0 Å². The molecule has 0 amide bonds. The second kappa shape index (κ2) is 6.07. The maximum absolute atomic E-state index is 13.5. The van der Waals surface area contributed by atoms with Crippen LogP contribution in [0.25, 0.3) is 28.3 Å². The molecule has 5 rings (SSSR count). The smallest absolute Gasteiger partial charge is 0.284 e. The maximum Gasteiger partial charge on any atom is 0.290 e. The molecule has 1 atom stereocenters. The molecule has 4 aromatic heterocycles. The van der Waals surface area contributed by atoms with Crippen LogP contribution in [0, 0.1) is 11.3 Å². The monoisotopic (exact) mass is 392 g/mol. The van der Waals surface area contributed by atoms with E-state index in [9.17, 15) is 8.78 Å². The number of halogens is 2. The summed E-state index contributed by atoms with van der Waals surface area (Å²) in [6.07, 6.45) is 10.9. The molecule has 144 valence electrons. The number of nitrogens with zero attached hydrogens (tertiary/aromatic N) is 8. The number of alkyl halides is 2. The van der Waals surface area contributed by atoms with Gasteiger partial charge in [-0.05, 0) is 6.08 Å². The quantitative estimate of drug-likeness (QED) is 0.487. The zero-order chi connectivity index (χ0) is 20.2. The van der Waals surface area contributed by atoms with Gasteiger partial charge in [0.25, 0.3) is 5.92 Å². The molecule has 0 spiro atoms. The number of imidazole rings is 1. The number of aryl methyl sites for hydroxylation is 1. The van der Waals surface area contributed by atoms with E-state index in [-0.39, 0.29) is 12.0 Å². The van der Waals surface area contributed by atoms with Crippen LogP contribution in [0.5, 0.6) is 0 Å². The highest BCUT2D eigenvalue weighted by atomic mass is 19.3. The van der Waals surface area contributed by atoms with Crippen molar-refractivity contribution in [3.05, 3.63) is 54.9 Å². The second-order valence-corrected chi connectivity index (χ2v) is 6.83. The Balaban J connectivity index is 1.59. The minimum Gasteiger partial charge on any atom is -0.284 e. The van der Waals surface area contributed by atoms with E-state index in [0.717, 1.165) is 11.6 Å². The molecule has 0 radical (unpaired) electrons. The predicted molar refractivity (Wildman–Crippen MR) is 98.7 cm³/mol. The number of allylic oxidation sites excluding steroid dienone is 2. The van der Waals surface area contributed by atoms with Crippen LogP contribution in [0.15, 0.2) is 54.9 Å². The van der Waals surface area contributed by atoms with Gasteiger partial charge in [-0.1, -0.05) is 0 Å². The topological polar surface area (TPSA) is 89.6 Å². The SMILES string of the molecule is Cn1cc(-c2cc3nccn3c(-c3cnn(C(CC#N)C4=CC4(F)F)c3)n2)cn1. The Morgan fingerprint density at radius 1 is 1.21 bits per heavy atom. The molecule has 8 nitrogen and oxygen atoms in total. The summed E-state index contributed by atoms with van der Waals surface area (Å²) >= 11 is 0. The standard InChI is InChI=1S/C19H14F2N8/c1-27-10-12(8-24-27)15-6-17-23-4-5-28(17)18(26-15)13-9-25-29(11-13)16(2-3-22)14-7-19(14,20)21/h4-11,16H,2H2,1H3. The van der Waals surface area contributed by atoms with E-state index < -0.39 is 12.0 Å². The number of rotatable bonds is 5. The van der Waals surface area contributed by atoms with Crippen LogP contribution in [0.4, 0.5) is 8.78 Å². The van der Waals surface area contributed by atoms with Crippen molar-refractivity contribution in [2.45, 2.75) is 18.4 Å². The summed E-state index contributed by atoms with van der Waals surface area (Å²) in [5.74, 6) is -2.37. The molecule has 0 saturated heterocycles. The van der Waals surface area contributed by atoms with Gasteiger partial charge in [-0.25, -0.2) is 9.97 Å². The first-order valence-corrected chi connectivity index (χ1v) is 8.82. The third-order valence-electron chi connectivity index (χ3n) is 4.85. The molecule has 10 heteroatoms. The van der Waals surface area contributed by atoms with Gasteiger partial charge in [-0.15, -0.1) is 0 Å². The Kier molecular flexibility index (Phi) is 3.61. The Morgan fingerprint density at radius 2 is 2.00 bits per heavy atom. The first-order valence-electron chi connectivity index (χ1n) is 8.82. The fourth-order valence-electron chi connectivity index (χ4n) is 3.36. The average molecular weight is 392 g/mol. The number of hydrogen-bond donors (Lipinski definition) is 0. The van der Waals surface area contributed by atoms with Crippen LogP contribution in [-0.2, 0) is 7.05 Å². The Morgan fingerprint density at radius 3 is 2.69 bits per heavy atom. The van der Waals surface area contributed by atoms with Gasteiger partial charge in [0.05, 0.1) is 42.2 Å².